The van der Waals surface area contributed by atoms with E-state index < -0.39 is 58.9 Å². The average Bonchev–Trinajstić information content (AvgIpc) is 3.29. The van der Waals surface area contributed by atoms with Crippen LogP contribution < -0.4 is 14.9 Å². The zero-order valence-corrected chi connectivity index (χ0v) is 38.1. The largest absolute Gasteiger partial charge is 0.501 e. The summed E-state index contributed by atoms with van der Waals surface area (Å²) in [6, 6.07) is 32.2. The summed E-state index contributed by atoms with van der Waals surface area (Å²) >= 11 is 7.49. The Hall–Kier alpha value is -4.62. The molecule has 5 aromatic rings. The van der Waals surface area contributed by atoms with Crippen LogP contribution in [0, 0.1) is 5.92 Å². The standard InChI is InChI=1S/C46H50ClF3N4O7S3/c1-2-53(28-29-55)25-24-36(31-62-38-8-4-3-5-9-38)51-42-21-20-39(30-43(42)63(58,59)46(48,49)50)64(60,61)52-45(57)34-14-18-37(19-15-34)54-26-22-33(23-27-54)44(56)41-11-7-6-10-40(41)32-12-16-35(47)17-13-32/h3-21,30,33,36,44,51,55-56H,2,22-29,31H2,1H3,(H,52,57)/t36?,44-/m0/s1. The normalized spacial score (nSPS) is 14.9. The van der Waals surface area contributed by atoms with Crippen molar-refractivity contribution in [2.24, 2.45) is 5.92 Å². The first-order valence-electron chi connectivity index (χ1n) is 20.7. The topological polar surface area (TPSA) is 156 Å². The molecule has 4 N–H and O–H groups in total. The van der Waals surface area contributed by atoms with Gasteiger partial charge < -0.3 is 25.3 Å². The smallest absolute Gasteiger partial charge is 0.395 e. The molecule has 1 aliphatic rings. The highest BCUT2D eigenvalue weighted by Crippen LogP contribution is 2.39. The SMILES string of the molecule is CCN(CCO)CCC(CSc1ccccc1)Nc1ccc(S(=O)(=O)NC(=O)c2ccc(N3CCC([C@H](O)c4ccccc4-c4ccc(Cl)cc4)CC3)cc2)cc1S(=O)(=O)C(F)(F)F. The molecule has 5 aromatic carbocycles. The van der Waals surface area contributed by atoms with Crippen LogP contribution in [0.1, 0.15) is 48.2 Å². The number of amides is 1. The van der Waals surface area contributed by atoms with Crippen molar-refractivity contribution in [2.45, 2.75) is 58.5 Å². The highest BCUT2D eigenvalue weighted by molar-refractivity contribution is 7.99. The number of benzene rings is 5. The van der Waals surface area contributed by atoms with Gasteiger partial charge in [-0.25, -0.2) is 21.6 Å². The Morgan fingerprint density at radius 1 is 0.891 bits per heavy atom. The zero-order chi connectivity index (χ0) is 46.1. The fraction of sp³-hybridized carbons (Fsp3) is 0.326. The maximum absolute atomic E-state index is 14.1. The van der Waals surface area contributed by atoms with Gasteiger partial charge in [-0.15, -0.1) is 11.8 Å². The lowest BCUT2D eigenvalue weighted by Gasteiger charge is -2.36. The molecular weight excluding hydrogens is 909 g/mol. The number of nitrogens with one attached hydrogen (secondary N) is 2. The van der Waals surface area contributed by atoms with E-state index in [1.54, 1.807) is 12.1 Å². The van der Waals surface area contributed by atoms with Crippen molar-refractivity contribution in [3.05, 3.63) is 137 Å². The highest BCUT2D eigenvalue weighted by Gasteiger charge is 2.48. The number of hydrogen-bond acceptors (Lipinski definition) is 11. The Bertz CT molecular complexity index is 2560. The summed E-state index contributed by atoms with van der Waals surface area (Å²) in [6.45, 7) is 4.37. The Morgan fingerprint density at radius 2 is 1.55 bits per heavy atom. The van der Waals surface area contributed by atoms with Crippen molar-refractivity contribution >= 4 is 60.5 Å². The van der Waals surface area contributed by atoms with Gasteiger partial charge in [-0.2, -0.15) is 13.2 Å². The number of rotatable bonds is 19. The first-order chi connectivity index (χ1) is 30.5. The molecule has 18 heteroatoms. The number of carbonyl (C=O) groups is 1. The molecule has 1 unspecified atom stereocenters. The van der Waals surface area contributed by atoms with Gasteiger partial charge in [0.15, 0.2) is 0 Å². The molecule has 6 rings (SSSR count). The molecule has 342 valence electrons. The average molecular weight is 960 g/mol. The first kappa shape index (κ1) is 48.8. The molecule has 1 fully saturated rings. The Labute approximate surface area is 381 Å². The number of carbonyl (C=O) groups excluding carboxylic acids is 1. The lowest BCUT2D eigenvalue weighted by molar-refractivity contribution is -0.0435. The van der Waals surface area contributed by atoms with Gasteiger partial charge in [0.1, 0.15) is 4.90 Å². The molecule has 64 heavy (non-hydrogen) atoms. The number of nitrogens with zero attached hydrogens (tertiary/aromatic N) is 2. The van der Waals surface area contributed by atoms with E-state index in [0.29, 0.717) is 68.8 Å². The maximum Gasteiger partial charge on any atom is 0.501 e. The minimum absolute atomic E-state index is 0.0225. The van der Waals surface area contributed by atoms with Gasteiger partial charge in [0, 0.05) is 59.1 Å². The molecule has 2 atom stereocenters. The van der Waals surface area contributed by atoms with Crippen LogP contribution in [0.4, 0.5) is 24.5 Å². The predicted octanol–water partition coefficient (Wildman–Crippen LogP) is 8.65. The molecule has 0 bridgehead atoms. The van der Waals surface area contributed by atoms with Gasteiger partial charge >= 0.3 is 5.51 Å². The van der Waals surface area contributed by atoms with E-state index >= 15 is 0 Å². The second kappa shape index (κ2) is 21.6. The van der Waals surface area contributed by atoms with Crippen LogP contribution in [0.2, 0.25) is 5.02 Å². The van der Waals surface area contributed by atoms with Crippen molar-refractivity contribution in [1.82, 2.24) is 9.62 Å². The van der Waals surface area contributed by atoms with Crippen LogP contribution in [-0.4, -0.2) is 94.5 Å². The summed E-state index contributed by atoms with van der Waals surface area (Å²) < 4.78 is 97.4. The second-order valence-corrected chi connectivity index (χ2v) is 20.5. The molecule has 0 saturated carbocycles. The molecule has 1 aliphatic heterocycles. The third-order valence-corrected chi connectivity index (χ3v) is 15.5. The van der Waals surface area contributed by atoms with Gasteiger partial charge in [-0.3, -0.25) is 4.79 Å². The number of aliphatic hydroxyl groups is 2. The van der Waals surface area contributed by atoms with Crippen LogP contribution >= 0.6 is 23.4 Å². The van der Waals surface area contributed by atoms with Crippen LogP contribution in [-0.2, 0) is 19.9 Å². The number of thioether (sulfide) groups is 1. The van der Waals surface area contributed by atoms with Gasteiger partial charge in [0.25, 0.3) is 25.8 Å². The second-order valence-electron chi connectivity index (χ2n) is 15.4. The van der Waals surface area contributed by atoms with Gasteiger partial charge in [-0.05, 0) is 115 Å². The summed E-state index contributed by atoms with van der Waals surface area (Å²) in [7, 11) is -11.0. The van der Waals surface area contributed by atoms with Crippen molar-refractivity contribution in [3.8, 4) is 11.1 Å². The lowest BCUT2D eigenvalue weighted by atomic mass is 9.84. The number of sulfone groups is 1. The number of piperidine rings is 1. The van der Waals surface area contributed by atoms with Crippen molar-refractivity contribution < 1.29 is 45.0 Å². The number of alkyl halides is 3. The van der Waals surface area contributed by atoms with Gasteiger partial charge in [0.05, 0.1) is 23.3 Å². The van der Waals surface area contributed by atoms with Crippen molar-refractivity contribution in [3.63, 3.8) is 0 Å². The summed E-state index contributed by atoms with van der Waals surface area (Å²) in [5.74, 6) is -0.786. The molecule has 1 saturated heterocycles. The number of likely N-dealkylation sites (N-methyl/N-ethyl adjacent to an activating group) is 1. The van der Waals surface area contributed by atoms with Gasteiger partial charge in [-0.1, -0.05) is 73.1 Å². The summed E-state index contributed by atoms with van der Waals surface area (Å²) in [4.78, 5) is 16.0. The fourth-order valence-corrected chi connectivity index (χ4v) is 10.8. The van der Waals surface area contributed by atoms with Crippen molar-refractivity contribution in [2.75, 3.05) is 55.3 Å². The van der Waals surface area contributed by atoms with E-state index in [-0.39, 0.29) is 18.1 Å². The molecule has 1 amide bonds. The zero-order valence-electron chi connectivity index (χ0n) is 34.9. The third-order valence-electron chi connectivity index (χ3n) is 11.2. The van der Waals surface area contributed by atoms with Crippen molar-refractivity contribution in [1.29, 1.82) is 0 Å². The summed E-state index contributed by atoms with van der Waals surface area (Å²) in [5.41, 5.74) is -2.83. The minimum atomic E-state index is -6.09. The summed E-state index contributed by atoms with van der Waals surface area (Å²) in [6.07, 6.45) is 0.981. The lowest BCUT2D eigenvalue weighted by Crippen LogP contribution is -2.36. The number of sulfonamides is 1. The van der Waals surface area contributed by atoms with E-state index in [0.717, 1.165) is 39.4 Å². The Kier molecular flexibility index (Phi) is 16.5. The number of anilines is 2. The van der Waals surface area contributed by atoms with E-state index in [1.807, 2.05) is 95.4 Å². The predicted molar refractivity (Wildman–Crippen MR) is 246 cm³/mol. The van der Waals surface area contributed by atoms with Crippen LogP contribution in [0.15, 0.2) is 136 Å². The van der Waals surface area contributed by atoms with Crippen LogP contribution in [0.5, 0.6) is 0 Å². The van der Waals surface area contributed by atoms with Crippen LogP contribution in [0.25, 0.3) is 11.1 Å². The Morgan fingerprint density at radius 3 is 2.19 bits per heavy atom. The van der Waals surface area contributed by atoms with Crippen LogP contribution in [0.3, 0.4) is 0 Å². The third kappa shape index (κ3) is 12.2. The summed E-state index contributed by atoms with van der Waals surface area (Å²) in [5, 5.41) is 24.5. The molecule has 0 radical (unpaired) electrons. The first-order valence-corrected chi connectivity index (χ1v) is 25.0. The van der Waals surface area contributed by atoms with Gasteiger partial charge in [0.2, 0.25) is 0 Å². The highest BCUT2D eigenvalue weighted by atomic mass is 35.5. The number of aliphatic hydroxyl groups excluding tert-OH is 2. The quantitative estimate of drug-likeness (QED) is 0.0588. The fourth-order valence-electron chi connectivity index (χ4n) is 7.61. The monoisotopic (exact) mass is 958 g/mol. The Balaban J connectivity index is 1.14. The maximum atomic E-state index is 14.1. The molecule has 1 heterocycles. The number of hydrogen-bond donors (Lipinski definition) is 4. The molecule has 11 nitrogen and oxygen atoms in total. The van der Waals surface area contributed by atoms with E-state index in [4.69, 9.17) is 11.6 Å². The van der Waals surface area contributed by atoms with E-state index in [9.17, 15) is 45.0 Å². The molecule has 0 aromatic heterocycles. The molecular formula is C46H50ClF3N4O7S3. The van der Waals surface area contributed by atoms with E-state index in [2.05, 4.69) is 10.2 Å². The minimum Gasteiger partial charge on any atom is -0.395 e. The number of halogens is 4. The van der Waals surface area contributed by atoms with E-state index in [1.165, 1.54) is 23.9 Å². The molecule has 0 spiro atoms. The molecule has 0 aliphatic carbocycles.